The van der Waals surface area contributed by atoms with Gasteiger partial charge in [0.05, 0.1) is 11.1 Å². The van der Waals surface area contributed by atoms with Crippen LogP contribution in [0.5, 0.6) is 0 Å². The van der Waals surface area contributed by atoms with Gasteiger partial charge in [-0.25, -0.2) is 0 Å². The molecule has 0 radical (unpaired) electrons. The van der Waals surface area contributed by atoms with Gasteiger partial charge < -0.3 is 5.11 Å². The first-order chi connectivity index (χ1) is 9.24. The van der Waals surface area contributed by atoms with Crippen molar-refractivity contribution in [3.05, 3.63) is 33.8 Å². The van der Waals surface area contributed by atoms with Crippen molar-refractivity contribution in [2.45, 2.75) is 32.2 Å². The average Bonchev–Trinajstić information content (AvgIpc) is 2.59. The van der Waals surface area contributed by atoms with Crippen LogP contribution < -0.4 is 0 Å². The highest BCUT2D eigenvalue weighted by atomic mass is 79.9. The first-order valence-electron chi connectivity index (χ1n) is 6.14. The van der Waals surface area contributed by atoms with Crippen molar-refractivity contribution in [2.75, 3.05) is 0 Å². The lowest BCUT2D eigenvalue weighted by molar-refractivity contribution is -0.137. The third-order valence-electron chi connectivity index (χ3n) is 3.40. The van der Waals surface area contributed by atoms with Gasteiger partial charge in [-0.3, -0.25) is 19.3 Å². The molecule has 1 aliphatic heterocycles. The molecule has 0 aromatic heterocycles. The number of carboxylic acid groups (broad SMARTS) is 1. The first-order valence-corrected chi connectivity index (χ1v) is 6.93. The number of benzene rings is 1. The molecule has 106 valence electrons. The Balaban J connectivity index is 2.34. The van der Waals surface area contributed by atoms with E-state index in [4.69, 9.17) is 5.11 Å². The quantitative estimate of drug-likeness (QED) is 0.855. The van der Waals surface area contributed by atoms with E-state index in [1.807, 2.05) is 0 Å². The van der Waals surface area contributed by atoms with Gasteiger partial charge in [0.25, 0.3) is 11.8 Å². The molecule has 6 heteroatoms. The molecule has 20 heavy (non-hydrogen) atoms. The number of carbonyl (C=O) groups excluding carboxylic acids is 2. The predicted octanol–water partition coefficient (Wildman–Crippen LogP) is 2.69. The number of fused-ring (bicyclic) bond motifs is 1. The molecule has 0 atom stereocenters. The number of aliphatic carboxylic acids is 1. The fourth-order valence-corrected chi connectivity index (χ4v) is 2.65. The number of hydrogen-bond acceptors (Lipinski definition) is 3. The zero-order valence-corrected chi connectivity index (χ0v) is 12.7. The molecule has 1 aromatic carbocycles. The second-order valence-electron chi connectivity index (χ2n) is 5.34. The first kappa shape index (κ1) is 14.7. The fraction of sp³-hybridized carbons (Fsp3) is 0.357. The van der Waals surface area contributed by atoms with Crippen molar-refractivity contribution >= 4 is 33.7 Å². The van der Waals surface area contributed by atoms with Crippen LogP contribution in [0.3, 0.4) is 0 Å². The summed E-state index contributed by atoms with van der Waals surface area (Å²) in [4.78, 5) is 36.6. The Hall–Kier alpha value is -1.69. The molecule has 1 aliphatic rings. The largest absolute Gasteiger partial charge is 0.481 e. The van der Waals surface area contributed by atoms with Crippen LogP contribution in [0.4, 0.5) is 0 Å². The topological polar surface area (TPSA) is 74.7 Å². The minimum atomic E-state index is -0.947. The minimum absolute atomic E-state index is 0.0932. The van der Waals surface area contributed by atoms with E-state index in [0.29, 0.717) is 11.1 Å². The van der Waals surface area contributed by atoms with E-state index in [2.05, 4.69) is 15.9 Å². The van der Waals surface area contributed by atoms with Crippen molar-refractivity contribution in [3.8, 4) is 0 Å². The Labute approximate surface area is 124 Å². The summed E-state index contributed by atoms with van der Waals surface area (Å²) in [5.41, 5.74) is -0.118. The predicted molar refractivity (Wildman–Crippen MR) is 75.6 cm³/mol. The summed E-state index contributed by atoms with van der Waals surface area (Å²) >= 11 is 3.27. The lowest BCUT2D eigenvalue weighted by atomic mass is 9.96. The van der Waals surface area contributed by atoms with Gasteiger partial charge in [-0.2, -0.15) is 0 Å². The molecule has 0 unspecified atom stereocenters. The zero-order chi connectivity index (χ0) is 15.1. The molecule has 0 bridgehead atoms. The van der Waals surface area contributed by atoms with Crippen LogP contribution in [0.15, 0.2) is 22.7 Å². The van der Waals surface area contributed by atoms with Gasteiger partial charge in [0, 0.05) is 16.4 Å². The van der Waals surface area contributed by atoms with Crippen molar-refractivity contribution in [1.29, 1.82) is 0 Å². The molecule has 0 fully saturated rings. The van der Waals surface area contributed by atoms with E-state index in [9.17, 15) is 14.4 Å². The summed E-state index contributed by atoms with van der Waals surface area (Å²) in [5.74, 6) is -1.69. The molecular formula is C14H14BrNO4. The van der Waals surface area contributed by atoms with Gasteiger partial charge in [-0.05, 0) is 38.5 Å². The van der Waals surface area contributed by atoms with Crippen LogP contribution in [0.2, 0.25) is 0 Å². The Morgan fingerprint density at radius 3 is 2.45 bits per heavy atom. The molecule has 1 aromatic rings. The Morgan fingerprint density at radius 1 is 1.25 bits per heavy atom. The van der Waals surface area contributed by atoms with Gasteiger partial charge in [-0.15, -0.1) is 0 Å². The monoisotopic (exact) mass is 339 g/mol. The third-order valence-corrected chi connectivity index (χ3v) is 3.90. The van der Waals surface area contributed by atoms with Gasteiger partial charge >= 0.3 is 5.97 Å². The number of halogens is 1. The summed E-state index contributed by atoms with van der Waals surface area (Å²) in [6.07, 6.45) is 0.124. The summed E-state index contributed by atoms with van der Waals surface area (Å²) in [5, 5.41) is 8.77. The van der Waals surface area contributed by atoms with Crippen LogP contribution in [0, 0.1) is 0 Å². The van der Waals surface area contributed by atoms with Crippen molar-refractivity contribution in [2.24, 2.45) is 0 Å². The second kappa shape index (κ2) is 5.01. The number of hydrogen-bond donors (Lipinski definition) is 1. The third kappa shape index (κ3) is 2.47. The van der Waals surface area contributed by atoms with Crippen molar-refractivity contribution in [3.63, 3.8) is 0 Å². The number of carboxylic acids is 1. The SMILES string of the molecule is CC(C)(CCC(=O)O)N1C(=O)c2ccc(Br)cc2C1=O. The van der Waals surface area contributed by atoms with Gasteiger partial charge in [0.2, 0.25) is 0 Å². The maximum absolute atomic E-state index is 12.4. The highest BCUT2D eigenvalue weighted by molar-refractivity contribution is 9.10. The van der Waals surface area contributed by atoms with E-state index >= 15 is 0 Å². The van der Waals surface area contributed by atoms with Crippen LogP contribution >= 0.6 is 15.9 Å². The number of nitrogens with zero attached hydrogens (tertiary/aromatic N) is 1. The molecule has 0 aliphatic carbocycles. The van der Waals surface area contributed by atoms with E-state index in [1.54, 1.807) is 32.0 Å². The molecule has 5 nitrogen and oxygen atoms in total. The fourth-order valence-electron chi connectivity index (χ4n) is 2.29. The summed E-state index contributed by atoms with van der Waals surface area (Å²) < 4.78 is 0.725. The van der Waals surface area contributed by atoms with E-state index in [-0.39, 0.29) is 24.7 Å². The summed E-state index contributed by atoms with van der Waals surface area (Å²) in [7, 11) is 0. The average molecular weight is 340 g/mol. The molecule has 0 spiro atoms. The van der Waals surface area contributed by atoms with Crippen LogP contribution in [-0.4, -0.2) is 33.3 Å². The molecule has 2 amide bonds. The van der Waals surface area contributed by atoms with E-state index in [1.165, 1.54) is 0 Å². The highest BCUT2D eigenvalue weighted by Crippen LogP contribution is 2.33. The number of imide groups is 1. The normalized spacial score (nSPS) is 14.7. The smallest absolute Gasteiger partial charge is 0.303 e. The number of amides is 2. The Bertz CT molecular complexity index is 609. The lowest BCUT2D eigenvalue weighted by Crippen LogP contribution is -2.47. The summed E-state index contributed by atoms with van der Waals surface area (Å²) in [6, 6.07) is 4.92. The van der Waals surface area contributed by atoms with Crippen LogP contribution in [-0.2, 0) is 4.79 Å². The van der Waals surface area contributed by atoms with Crippen molar-refractivity contribution in [1.82, 2.24) is 4.90 Å². The second-order valence-corrected chi connectivity index (χ2v) is 6.26. The highest BCUT2D eigenvalue weighted by Gasteiger charge is 2.43. The molecule has 1 heterocycles. The Morgan fingerprint density at radius 2 is 1.85 bits per heavy atom. The van der Waals surface area contributed by atoms with Gasteiger partial charge in [0.15, 0.2) is 0 Å². The number of rotatable bonds is 4. The van der Waals surface area contributed by atoms with Crippen LogP contribution in [0.1, 0.15) is 47.4 Å². The van der Waals surface area contributed by atoms with Gasteiger partial charge in [-0.1, -0.05) is 15.9 Å². The molecular weight excluding hydrogens is 326 g/mol. The van der Waals surface area contributed by atoms with Crippen molar-refractivity contribution < 1.29 is 19.5 Å². The maximum Gasteiger partial charge on any atom is 0.303 e. The van der Waals surface area contributed by atoms with E-state index in [0.717, 1.165) is 9.37 Å². The minimum Gasteiger partial charge on any atom is -0.481 e. The zero-order valence-electron chi connectivity index (χ0n) is 11.1. The molecule has 1 N–H and O–H groups in total. The summed E-state index contributed by atoms with van der Waals surface area (Å²) in [6.45, 7) is 3.40. The maximum atomic E-state index is 12.4. The Kier molecular flexibility index (Phi) is 3.69. The molecule has 0 saturated heterocycles. The standard InChI is InChI=1S/C14H14BrNO4/c1-14(2,6-5-11(17)18)16-12(19)9-4-3-8(15)7-10(9)13(16)20/h3-4,7H,5-6H2,1-2H3,(H,17,18). The van der Waals surface area contributed by atoms with E-state index < -0.39 is 11.5 Å². The number of carbonyl (C=O) groups is 3. The molecule has 0 saturated carbocycles. The van der Waals surface area contributed by atoms with Gasteiger partial charge in [0.1, 0.15) is 0 Å². The van der Waals surface area contributed by atoms with Crippen LogP contribution in [0.25, 0.3) is 0 Å². The molecule has 2 rings (SSSR count). The lowest BCUT2D eigenvalue weighted by Gasteiger charge is -2.33.